The first-order chi connectivity index (χ1) is 16.9. The van der Waals surface area contributed by atoms with E-state index in [2.05, 4.69) is 5.32 Å². The molecular formula is C27H28N2O6. The zero-order valence-electron chi connectivity index (χ0n) is 20.3. The van der Waals surface area contributed by atoms with E-state index in [0.717, 1.165) is 5.56 Å². The van der Waals surface area contributed by atoms with E-state index >= 15 is 0 Å². The maximum absolute atomic E-state index is 13.9. The first-order valence-electron chi connectivity index (χ1n) is 11.0. The summed E-state index contributed by atoms with van der Waals surface area (Å²) in [6.45, 7) is 0. The molecule has 4 rings (SSSR count). The van der Waals surface area contributed by atoms with Crippen LogP contribution in [0.2, 0.25) is 0 Å². The van der Waals surface area contributed by atoms with Crippen LogP contribution in [0.4, 0.5) is 5.69 Å². The molecule has 0 saturated heterocycles. The number of hydrogen-bond donors (Lipinski definition) is 1. The topological polar surface area (TPSA) is 86.3 Å². The van der Waals surface area contributed by atoms with Gasteiger partial charge in [-0.2, -0.15) is 0 Å². The van der Waals surface area contributed by atoms with Gasteiger partial charge in [0.25, 0.3) is 5.91 Å². The number of carbonyl (C=O) groups is 2. The summed E-state index contributed by atoms with van der Waals surface area (Å²) in [4.78, 5) is 28.9. The van der Waals surface area contributed by atoms with Gasteiger partial charge in [0.2, 0.25) is 5.91 Å². The normalized spacial score (nSPS) is 16.8. The van der Waals surface area contributed by atoms with Crippen molar-refractivity contribution in [2.24, 2.45) is 0 Å². The molecule has 1 aliphatic heterocycles. The molecule has 0 saturated carbocycles. The van der Waals surface area contributed by atoms with E-state index in [1.807, 2.05) is 24.3 Å². The van der Waals surface area contributed by atoms with Crippen LogP contribution in [0.15, 0.2) is 60.7 Å². The molecule has 182 valence electrons. The van der Waals surface area contributed by atoms with Crippen molar-refractivity contribution >= 4 is 17.5 Å². The minimum atomic E-state index is -0.730. The first-order valence-corrected chi connectivity index (χ1v) is 11.0. The maximum atomic E-state index is 13.9. The largest absolute Gasteiger partial charge is 0.497 e. The summed E-state index contributed by atoms with van der Waals surface area (Å²) >= 11 is 0. The summed E-state index contributed by atoms with van der Waals surface area (Å²) in [7, 11) is 7.88. The molecule has 2 amide bonds. The number of carbonyl (C=O) groups excluding carboxylic acids is 2. The average molecular weight is 477 g/mol. The monoisotopic (exact) mass is 476 g/mol. The van der Waals surface area contributed by atoms with Crippen LogP contribution in [-0.2, 0) is 4.79 Å². The molecule has 35 heavy (non-hydrogen) atoms. The Bertz CT molecular complexity index is 1240. The summed E-state index contributed by atoms with van der Waals surface area (Å²) in [6, 6.07) is 17.3. The van der Waals surface area contributed by atoms with E-state index in [0.29, 0.717) is 39.8 Å². The number of fused-ring (bicyclic) bond motifs is 1. The predicted molar refractivity (Wildman–Crippen MR) is 132 cm³/mol. The van der Waals surface area contributed by atoms with E-state index in [-0.39, 0.29) is 11.8 Å². The molecule has 2 atom stereocenters. The van der Waals surface area contributed by atoms with Crippen molar-refractivity contribution in [3.8, 4) is 23.0 Å². The van der Waals surface area contributed by atoms with Crippen LogP contribution < -0.4 is 24.3 Å². The van der Waals surface area contributed by atoms with Crippen LogP contribution in [0.25, 0.3) is 0 Å². The Balaban J connectivity index is 1.86. The fraction of sp³-hybridized carbons (Fsp3) is 0.259. The van der Waals surface area contributed by atoms with E-state index < -0.39 is 12.0 Å². The highest BCUT2D eigenvalue weighted by molar-refractivity contribution is 6.05. The fourth-order valence-corrected chi connectivity index (χ4v) is 4.47. The van der Waals surface area contributed by atoms with Crippen molar-refractivity contribution in [1.29, 1.82) is 0 Å². The zero-order chi connectivity index (χ0) is 25.1. The van der Waals surface area contributed by atoms with Crippen LogP contribution in [0.5, 0.6) is 23.0 Å². The highest BCUT2D eigenvalue weighted by atomic mass is 16.5. The SMILES string of the molecule is COc1ccc([C@@H]2[C@@H](C(=O)Nc3cccc(OC)c3)c3cc(OC)c(OC)cc3C(=O)N2C)cc1. The van der Waals surface area contributed by atoms with Crippen LogP contribution in [-0.4, -0.2) is 52.2 Å². The van der Waals surface area contributed by atoms with E-state index in [4.69, 9.17) is 18.9 Å². The molecule has 3 aromatic rings. The van der Waals surface area contributed by atoms with Gasteiger partial charge in [-0.1, -0.05) is 18.2 Å². The number of benzene rings is 3. The highest BCUT2D eigenvalue weighted by Gasteiger charge is 2.43. The number of ether oxygens (including phenoxy) is 4. The number of nitrogens with one attached hydrogen (secondary N) is 1. The number of likely N-dealkylation sites (N-methyl/N-ethyl adjacent to an activating group) is 1. The predicted octanol–water partition coefficient (Wildman–Crippen LogP) is 4.27. The molecule has 0 aromatic heterocycles. The Labute approximate surface area is 204 Å². The standard InChI is InChI=1S/C27H28N2O6/c1-29-25(16-9-11-18(32-2)12-10-16)24(26(30)28-17-7-6-8-19(13-17)33-3)20-14-22(34-4)23(35-5)15-21(20)27(29)31/h6-15,24-25H,1-5H3,(H,28,30)/t24-,25+/m0/s1. The lowest BCUT2D eigenvalue weighted by molar-refractivity contribution is -0.119. The Morgan fingerprint density at radius 1 is 0.829 bits per heavy atom. The third-order valence-corrected chi connectivity index (χ3v) is 6.25. The fourth-order valence-electron chi connectivity index (χ4n) is 4.47. The van der Waals surface area contributed by atoms with Crippen molar-refractivity contribution in [1.82, 2.24) is 4.90 Å². The van der Waals surface area contributed by atoms with Crippen LogP contribution in [0.1, 0.15) is 33.4 Å². The van der Waals surface area contributed by atoms with Gasteiger partial charge in [-0.15, -0.1) is 0 Å². The van der Waals surface area contributed by atoms with E-state index in [1.165, 1.54) is 14.2 Å². The Kier molecular flexibility index (Phi) is 6.82. The van der Waals surface area contributed by atoms with Crippen LogP contribution in [0.3, 0.4) is 0 Å². The Hall–Kier alpha value is -4.20. The summed E-state index contributed by atoms with van der Waals surface area (Å²) in [5.41, 5.74) is 2.34. The van der Waals surface area contributed by atoms with Crippen molar-refractivity contribution in [3.05, 3.63) is 77.4 Å². The molecule has 0 radical (unpaired) electrons. The van der Waals surface area contributed by atoms with Gasteiger partial charge in [0.15, 0.2) is 11.5 Å². The molecular weight excluding hydrogens is 448 g/mol. The lowest BCUT2D eigenvalue weighted by atomic mass is 9.79. The molecule has 8 nitrogen and oxygen atoms in total. The molecule has 0 aliphatic carbocycles. The number of methoxy groups -OCH3 is 4. The quantitative estimate of drug-likeness (QED) is 0.548. The molecule has 8 heteroatoms. The molecule has 1 aliphatic rings. The number of anilines is 1. The van der Waals surface area contributed by atoms with Gasteiger partial charge in [0.05, 0.1) is 40.4 Å². The molecule has 1 N–H and O–H groups in total. The van der Waals surface area contributed by atoms with Gasteiger partial charge in [-0.3, -0.25) is 9.59 Å². The highest BCUT2D eigenvalue weighted by Crippen LogP contribution is 2.46. The minimum absolute atomic E-state index is 0.216. The molecule has 0 bridgehead atoms. The minimum Gasteiger partial charge on any atom is -0.497 e. The smallest absolute Gasteiger partial charge is 0.254 e. The van der Waals surface area contributed by atoms with Crippen LogP contribution >= 0.6 is 0 Å². The van der Waals surface area contributed by atoms with Gasteiger partial charge in [-0.25, -0.2) is 0 Å². The number of rotatable bonds is 7. The van der Waals surface area contributed by atoms with E-state index in [9.17, 15) is 9.59 Å². The van der Waals surface area contributed by atoms with Gasteiger partial charge in [-0.05, 0) is 47.5 Å². The molecule has 0 fully saturated rings. The van der Waals surface area contributed by atoms with Crippen molar-refractivity contribution < 1.29 is 28.5 Å². The first kappa shape index (κ1) is 23.9. The average Bonchev–Trinajstić information content (AvgIpc) is 2.89. The molecule has 1 heterocycles. The molecule has 0 unspecified atom stereocenters. The summed E-state index contributed by atoms with van der Waals surface area (Å²) in [5, 5.41) is 3.00. The van der Waals surface area contributed by atoms with Gasteiger partial charge < -0.3 is 29.2 Å². The number of amides is 2. The van der Waals surface area contributed by atoms with Gasteiger partial charge in [0.1, 0.15) is 11.5 Å². The van der Waals surface area contributed by atoms with Gasteiger partial charge >= 0.3 is 0 Å². The van der Waals surface area contributed by atoms with Crippen molar-refractivity contribution in [2.75, 3.05) is 40.8 Å². The second-order valence-electron chi connectivity index (χ2n) is 8.13. The maximum Gasteiger partial charge on any atom is 0.254 e. The van der Waals surface area contributed by atoms with E-state index in [1.54, 1.807) is 62.6 Å². The van der Waals surface area contributed by atoms with Crippen molar-refractivity contribution in [3.63, 3.8) is 0 Å². The third-order valence-electron chi connectivity index (χ3n) is 6.25. The Morgan fingerprint density at radius 3 is 2.11 bits per heavy atom. The van der Waals surface area contributed by atoms with Gasteiger partial charge in [0, 0.05) is 24.4 Å². The lowest BCUT2D eigenvalue weighted by Gasteiger charge is -2.40. The summed E-state index contributed by atoms with van der Waals surface area (Å²) < 4.78 is 21.5. The third kappa shape index (κ3) is 4.47. The molecule has 0 spiro atoms. The van der Waals surface area contributed by atoms with Crippen LogP contribution in [0, 0.1) is 0 Å². The molecule has 3 aromatic carbocycles. The Morgan fingerprint density at radius 2 is 1.49 bits per heavy atom. The second-order valence-corrected chi connectivity index (χ2v) is 8.13. The van der Waals surface area contributed by atoms with Crippen molar-refractivity contribution in [2.45, 2.75) is 12.0 Å². The summed E-state index contributed by atoms with van der Waals surface area (Å²) in [5.74, 6) is 0.949. The zero-order valence-corrected chi connectivity index (χ0v) is 20.3. The lowest BCUT2D eigenvalue weighted by Crippen LogP contribution is -2.44. The number of hydrogen-bond acceptors (Lipinski definition) is 6. The number of nitrogens with zero attached hydrogens (tertiary/aromatic N) is 1. The summed E-state index contributed by atoms with van der Waals surface area (Å²) in [6.07, 6.45) is 0. The second kappa shape index (κ2) is 9.97.